The van der Waals surface area contributed by atoms with Crippen LogP contribution in [0.2, 0.25) is 0 Å². The Balaban J connectivity index is 1.78. The van der Waals surface area contributed by atoms with E-state index in [1.165, 1.54) is 10.9 Å². The molecule has 0 spiro atoms. The van der Waals surface area contributed by atoms with Crippen molar-refractivity contribution in [1.29, 1.82) is 0 Å². The summed E-state index contributed by atoms with van der Waals surface area (Å²) in [4.78, 5) is 12.5. The van der Waals surface area contributed by atoms with Gasteiger partial charge in [0.15, 0.2) is 5.76 Å². The van der Waals surface area contributed by atoms with Gasteiger partial charge in [-0.25, -0.2) is 4.68 Å². The Hall–Kier alpha value is -3.41. The van der Waals surface area contributed by atoms with Gasteiger partial charge in [-0.15, -0.1) is 0 Å². The third-order valence-corrected chi connectivity index (χ3v) is 3.85. The lowest BCUT2D eigenvalue weighted by Crippen LogP contribution is -2.14. The minimum atomic E-state index is -0.313. The summed E-state index contributed by atoms with van der Waals surface area (Å²) in [5, 5.41) is 8.59. The zero-order valence-electron chi connectivity index (χ0n) is 13.0. The first kappa shape index (κ1) is 14.2. The zero-order valence-corrected chi connectivity index (χ0v) is 13.0. The number of para-hydroxylation sites is 1. The van der Waals surface area contributed by atoms with Crippen molar-refractivity contribution in [2.45, 2.75) is 6.92 Å². The van der Waals surface area contributed by atoms with E-state index >= 15 is 0 Å². The number of benzene rings is 1. The van der Waals surface area contributed by atoms with E-state index in [4.69, 9.17) is 4.42 Å². The van der Waals surface area contributed by atoms with Gasteiger partial charge in [-0.05, 0) is 37.3 Å². The van der Waals surface area contributed by atoms with Crippen molar-refractivity contribution < 1.29 is 9.21 Å². The number of hydrogen-bond acceptors (Lipinski definition) is 4. The van der Waals surface area contributed by atoms with Crippen LogP contribution in [-0.4, -0.2) is 25.5 Å². The Morgan fingerprint density at radius 2 is 1.88 bits per heavy atom. The molecule has 0 atom stereocenters. The molecule has 0 bridgehead atoms. The van der Waals surface area contributed by atoms with E-state index in [2.05, 4.69) is 10.2 Å². The maximum atomic E-state index is 12.5. The second kappa shape index (κ2) is 5.66. The molecule has 6 nitrogen and oxygen atoms in total. The predicted molar refractivity (Wildman–Crippen MR) is 88.0 cm³/mol. The molecule has 0 aliphatic rings. The summed E-state index contributed by atoms with van der Waals surface area (Å²) in [6.45, 7) is 1.96. The Morgan fingerprint density at radius 1 is 1.04 bits per heavy atom. The Kier molecular flexibility index (Phi) is 3.35. The van der Waals surface area contributed by atoms with Gasteiger partial charge in [0, 0.05) is 5.56 Å². The van der Waals surface area contributed by atoms with Crippen LogP contribution in [0, 0.1) is 6.92 Å². The van der Waals surface area contributed by atoms with Gasteiger partial charge in [-0.1, -0.05) is 18.2 Å². The van der Waals surface area contributed by atoms with Gasteiger partial charge in [-0.2, -0.15) is 14.9 Å². The summed E-state index contributed by atoms with van der Waals surface area (Å²) in [6, 6.07) is 14.9. The topological polar surface area (TPSA) is 65.8 Å². The minimum absolute atomic E-state index is 0.244. The van der Waals surface area contributed by atoms with Crippen LogP contribution in [0.1, 0.15) is 16.2 Å². The lowest BCUT2D eigenvalue weighted by atomic mass is 10.2. The molecule has 0 aliphatic carbocycles. The van der Waals surface area contributed by atoms with Crippen molar-refractivity contribution in [2.75, 3.05) is 0 Å². The van der Waals surface area contributed by atoms with E-state index < -0.39 is 0 Å². The number of nitrogens with zero attached hydrogens (tertiary/aromatic N) is 4. The average Bonchev–Trinajstić information content (AvgIpc) is 3.35. The van der Waals surface area contributed by atoms with Gasteiger partial charge in [0.05, 0.1) is 35.7 Å². The molecule has 0 N–H and O–H groups in total. The van der Waals surface area contributed by atoms with E-state index in [0.29, 0.717) is 5.69 Å². The molecular formula is C18H14N4O2. The van der Waals surface area contributed by atoms with E-state index in [9.17, 15) is 4.79 Å². The molecule has 0 fully saturated rings. The molecular weight excluding hydrogens is 304 g/mol. The van der Waals surface area contributed by atoms with Crippen LogP contribution in [0.4, 0.5) is 0 Å². The molecule has 0 saturated carbocycles. The normalized spacial score (nSPS) is 10.9. The van der Waals surface area contributed by atoms with Crippen molar-refractivity contribution in [1.82, 2.24) is 19.6 Å². The van der Waals surface area contributed by atoms with Gasteiger partial charge in [0.2, 0.25) is 0 Å². The highest BCUT2D eigenvalue weighted by molar-refractivity contribution is 5.95. The molecule has 1 aromatic carbocycles. The molecule has 3 aromatic heterocycles. The SMILES string of the molecule is Cc1c(-c2ccnn2C(=O)c2ccco2)cnn1-c1ccccc1. The molecule has 6 heteroatoms. The number of furan rings is 1. The van der Waals surface area contributed by atoms with Crippen LogP contribution in [0.15, 0.2) is 71.6 Å². The Morgan fingerprint density at radius 3 is 2.62 bits per heavy atom. The molecule has 3 heterocycles. The van der Waals surface area contributed by atoms with Crippen LogP contribution in [0.5, 0.6) is 0 Å². The summed E-state index contributed by atoms with van der Waals surface area (Å²) in [5.41, 5.74) is 3.41. The van der Waals surface area contributed by atoms with Crippen LogP contribution in [0.25, 0.3) is 16.9 Å². The second-order valence-corrected chi connectivity index (χ2v) is 5.30. The molecule has 24 heavy (non-hydrogen) atoms. The standard InChI is InChI=1S/C18H14N4O2/c1-13-15(12-20-21(13)14-6-3-2-4-7-14)16-9-10-19-22(16)18(23)17-8-5-11-24-17/h2-12H,1H3. The third-order valence-electron chi connectivity index (χ3n) is 3.85. The van der Waals surface area contributed by atoms with Crippen molar-refractivity contribution in [3.8, 4) is 16.9 Å². The number of aromatic nitrogens is 4. The number of carbonyl (C=O) groups is 1. The molecule has 4 aromatic rings. The number of rotatable bonds is 3. The van der Waals surface area contributed by atoms with Gasteiger partial charge in [0.25, 0.3) is 0 Å². The highest BCUT2D eigenvalue weighted by atomic mass is 16.3. The van der Waals surface area contributed by atoms with E-state index in [0.717, 1.165) is 16.9 Å². The van der Waals surface area contributed by atoms with Gasteiger partial charge in [0.1, 0.15) is 0 Å². The first-order valence-electron chi connectivity index (χ1n) is 7.48. The van der Waals surface area contributed by atoms with Crippen LogP contribution >= 0.6 is 0 Å². The van der Waals surface area contributed by atoms with E-state index in [1.807, 2.05) is 41.9 Å². The van der Waals surface area contributed by atoms with Crippen molar-refractivity contribution in [3.05, 3.63) is 78.6 Å². The Bertz CT molecular complexity index is 981. The summed E-state index contributed by atoms with van der Waals surface area (Å²) in [7, 11) is 0. The summed E-state index contributed by atoms with van der Waals surface area (Å²) < 4.78 is 8.35. The fraction of sp³-hybridized carbons (Fsp3) is 0.0556. The molecule has 4 rings (SSSR count). The number of carbonyl (C=O) groups excluding carboxylic acids is 1. The van der Waals surface area contributed by atoms with Crippen molar-refractivity contribution >= 4 is 5.91 Å². The highest BCUT2D eigenvalue weighted by Crippen LogP contribution is 2.25. The zero-order chi connectivity index (χ0) is 16.5. The van der Waals surface area contributed by atoms with Crippen LogP contribution in [-0.2, 0) is 0 Å². The smallest absolute Gasteiger partial charge is 0.314 e. The number of hydrogen-bond donors (Lipinski definition) is 0. The van der Waals surface area contributed by atoms with Gasteiger partial charge < -0.3 is 4.42 Å². The predicted octanol–water partition coefficient (Wildman–Crippen LogP) is 3.33. The minimum Gasteiger partial charge on any atom is -0.459 e. The van der Waals surface area contributed by atoms with Crippen molar-refractivity contribution in [3.63, 3.8) is 0 Å². The molecule has 0 amide bonds. The quantitative estimate of drug-likeness (QED) is 0.581. The van der Waals surface area contributed by atoms with Crippen molar-refractivity contribution in [2.24, 2.45) is 0 Å². The monoisotopic (exact) mass is 318 g/mol. The second-order valence-electron chi connectivity index (χ2n) is 5.30. The highest BCUT2D eigenvalue weighted by Gasteiger charge is 2.20. The molecule has 0 radical (unpaired) electrons. The molecule has 0 unspecified atom stereocenters. The maximum Gasteiger partial charge on any atom is 0.314 e. The fourth-order valence-electron chi connectivity index (χ4n) is 2.66. The summed E-state index contributed by atoms with van der Waals surface area (Å²) >= 11 is 0. The summed E-state index contributed by atoms with van der Waals surface area (Å²) in [6.07, 6.45) is 4.80. The average molecular weight is 318 g/mol. The molecule has 118 valence electrons. The molecule has 0 saturated heterocycles. The van der Waals surface area contributed by atoms with Gasteiger partial charge >= 0.3 is 5.91 Å². The molecule has 0 aliphatic heterocycles. The lowest BCUT2D eigenvalue weighted by molar-refractivity contribution is 0.0919. The fourth-order valence-corrected chi connectivity index (χ4v) is 2.66. The largest absolute Gasteiger partial charge is 0.459 e. The Labute approximate surface area is 138 Å². The van der Waals surface area contributed by atoms with Gasteiger partial charge in [-0.3, -0.25) is 4.79 Å². The third kappa shape index (κ3) is 2.25. The van der Waals surface area contributed by atoms with Crippen LogP contribution in [0.3, 0.4) is 0 Å². The maximum absolute atomic E-state index is 12.5. The lowest BCUT2D eigenvalue weighted by Gasteiger charge is -2.06. The van der Waals surface area contributed by atoms with Crippen LogP contribution < -0.4 is 0 Å². The summed E-state index contributed by atoms with van der Waals surface area (Å²) in [5.74, 6) is -0.0695. The van der Waals surface area contributed by atoms with E-state index in [1.54, 1.807) is 30.6 Å². The first-order valence-corrected chi connectivity index (χ1v) is 7.48. The first-order chi connectivity index (χ1) is 11.8. The van der Waals surface area contributed by atoms with E-state index in [-0.39, 0.29) is 11.7 Å².